The minimum absolute atomic E-state index is 0.00315. The molecule has 0 aliphatic carbocycles. The molecule has 3 amide bonds. The summed E-state index contributed by atoms with van der Waals surface area (Å²) in [6.45, 7) is 1.49. The molecule has 31 heavy (non-hydrogen) atoms. The zero-order chi connectivity index (χ0) is 23.7. The van der Waals surface area contributed by atoms with E-state index in [1.807, 2.05) is 0 Å². The highest BCUT2D eigenvalue weighted by Crippen LogP contribution is 2.19. The molecule has 0 saturated carbocycles. The molecule has 170 valence electrons. The third-order valence-corrected chi connectivity index (χ3v) is 4.51. The van der Waals surface area contributed by atoms with E-state index in [0.29, 0.717) is 5.56 Å². The third kappa shape index (κ3) is 7.78. The number of carboxylic acids is 2. The minimum Gasteiger partial charge on any atom is -0.481 e. The molecule has 1 aliphatic rings. The number of likely N-dealkylation sites (N-methyl/N-ethyl adjacent to an activating group) is 1. The van der Waals surface area contributed by atoms with Gasteiger partial charge in [-0.25, -0.2) is 4.39 Å². The van der Waals surface area contributed by atoms with Crippen molar-refractivity contribution in [3.8, 4) is 0 Å². The average molecular weight is 439 g/mol. The van der Waals surface area contributed by atoms with Crippen LogP contribution in [0, 0.1) is 5.82 Å². The molecule has 1 aliphatic heterocycles. The van der Waals surface area contributed by atoms with Gasteiger partial charge in [0.15, 0.2) is 0 Å². The van der Waals surface area contributed by atoms with Crippen molar-refractivity contribution in [1.29, 1.82) is 0 Å². The first-order chi connectivity index (χ1) is 14.5. The molecule has 10 nitrogen and oxygen atoms in total. The predicted molar refractivity (Wildman–Crippen MR) is 106 cm³/mol. The van der Waals surface area contributed by atoms with Crippen LogP contribution in [0.5, 0.6) is 0 Å². The number of carbonyl (C=O) groups is 5. The molecule has 11 heteroatoms. The minimum atomic E-state index is -1.08. The molecular weight excluding hydrogens is 413 g/mol. The molecule has 1 aromatic carbocycles. The Labute approximate surface area is 178 Å². The first-order valence-corrected chi connectivity index (χ1v) is 9.42. The summed E-state index contributed by atoms with van der Waals surface area (Å²) in [5, 5.41) is 18.4. The number of carbonyl (C=O) groups excluding carboxylic acids is 3. The number of imide groups is 1. The van der Waals surface area contributed by atoms with Gasteiger partial charge in [-0.15, -0.1) is 0 Å². The van der Waals surface area contributed by atoms with E-state index < -0.39 is 35.7 Å². The monoisotopic (exact) mass is 439 g/mol. The average Bonchev–Trinajstić information content (AvgIpc) is 2.99. The summed E-state index contributed by atoms with van der Waals surface area (Å²) in [6, 6.07) is 4.64. The Morgan fingerprint density at radius 2 is 1.71 bits per heavy atom. The maximum absolute atomic E-state index is 13.5. The number of benzene rings is 1. The lowest BCUT2D eigenvalue weighted by atomic mass is 10.2. The van der Waals surface area contributed by atoms with Crippen LogP contribution in [-0.2, 0) is 30.5 Å². The molecule has 0 bridgehead atoms. The van der Waals surface area contributed by atoms with Crippen molar-refractivity contribution in [3.05, 3.63) is 35.6 Å². The zero-order valence-corrected chi connectivity index (χ0v) is 17.5. The number of amides is 3. The zero-order valence-electron chi connectivity index (χ0n) is 17.5. The Bertz CT molecular complexity index is 830. The Hall–Kier alpha value is -3.34. The smallest absolute Gasteiger partial charge is 0.303 e. The van der Waals surface area contributed by atoms with Crippen LogP contribution in [0.1, 0.15) is 31.7 Å². The highest BCUT2D eigenvalue weighted by atomic mass is 19.1. The summed E-state index contributed by atoms with van der Waals surface area (Å²) < 4.78 is 13.5. The molecule has 0 radical (unpaired) electrons. The van der Waals surface area contributed by atoms with E-state index in [9.17, 15) is 28.4 Å². The number of hydrogen-bond donors (Lipinski definition) is 3. The van der Waals surface area contributed by atoms with Crippen molar-refractivity contribution in [3.63, 3.8) is 0 Å². The van der Waals surface area contributed by atoms with Gasteiger partial charge >= 0.3 is 11.9 Å². The highest BCUT2D eigenvalue weighted by Gasteiger charge is 2.43. The van der Waals surface area contributed by atoms with Crippen LogP contribution < -0.4 is 5.32 Å². The molecule has 2 atom stereocenters. The topological polar surface area (TPSA) is 144 Å². The van der Waals surface area contributed by atoms with Crippen molar-refractivity contribution in [1.82, 2.24) is 15.1 Å². The van der Waals surface area contributed by atoms with Gasteiger partial charge in [0.1, 0.15) is 11.9 Å². The van der Waals surface area contributed by atoms with Gasteiger partial charge in [0, 0.05) is 12.1 Å². The van der Waals surface area contributed by atoms with Crippen molar-refractivity contribution >= 4 is 29.7 Å². The van der Waals surface area contributed by atoms with Crippen molar-refractivity contribution in [2.24, 2.45) is 0 Å². The van der Waals surface area contributed by atoms with E-state index in [1.165, 1.54) is 13.0 Å². The maximum atomic E-state index is 13.5. The Kier molecular flexibility index (Phi) is 9.74. The van der Waals surface area contributed by atoms with Crippen LogP contribution in [0.4, 0.5) is 4.39 Å². The molecule has 0 aromatic heterocycles. The van der Waals surface area contributed by atoms with Gasteiger partial charge in [-0.05, 0) is 27.1 Å². The Morgan fingerprint density at radius 3 is 2.16 bits per heavy atom. The number of rotatable bonds is 8. The second kappa shape index (κ2) is 11.7. The SMILES string of the molecule is CC(C(=O)NCc1ccccc1F)N1C(=O)C[C@H](N(C)C)C1=O.O=C(O)CCC(=O)O. The summed E-state index contributed by atoms with van der Waals surface area (Å²) in [7, 11) is 3.42. The first-order valence-electron chi connectivity index (χ1n) is 9.42. The summed E-state index contributed by atoms with van der Waals surface area (Å²) >= 11 is 0. The number of aliphatic carboxylic acids is 2. The van der Waals surface area contributed by atoms with E-state index in [0.717, 1.165) is 4.90 Å². The van der Waals surface area contributed by atoms with Crippen molar-refractivity contribution in [2.45, 2.75) is 44.8 Å². The van der Waals surface area contributed by atoms with Crippen LogP contribution in [0.3, 0.4) is 0 Å². The van der Waals surface area contributed by atoms with Gasteiger partial charge in [-0.1, -0.05) is 18.2 Å². The number of nitrogens with zero attached hydrogens (tertiary/aromatic N) is 2. The van der Waals surface area contributed by atoms with Gasteiger partial charge in [0.2, 0.25) is 17.7 Å². The number of hydrogen-bond acceptors (Lipinski definition) is 6. The normalized spacial score (nSPS) is 16.5. The summed E-state index contributed by atoms with van der Waals surface area (Å²) in [5.74, 6) is -3.81. The lowest BCUT2D eigenvalue weighted by Crippen LogP contribution is -2.49. The summed E-state index contributed by atoms with van der Waals surface area (Å²) in [4.78, 5) is 58.4. The molecule has 1 unspecified atom stereocenters. The predicted octanol–water partition coefficient (Wildman–Crippen LogP) is 0.455. The second-order valence-electron chi connectivity index (χ2n) is 7.06. The van der Waals surface area contributed by atoms with Gasteiger partial charge in [0.05, 0.1) is 25.3 Å². The number of carboxylic acid groups (broad SMARTS) is 2. The number of halogens is 1. The fourth-order valence-corrected chi connectivity index (χ4v) is 2.75. The number of likely N-dealkylation sites (tertiary alicyclic amines) is 1. The van der Waals surface area contributed by atoms with E-state index >= 15 is 0 Å². The molecule has 2 rings (SSSR count). The molecule has 0 spiro atoms. The van der Waals surface area contributed by atoms with Crippen LogP contribution in [-0.4, -0.2) is 75.9 Å². The number of nitrogens with one attached hydrogen (secondary N) is 1. The van der Waals surface area contributed by atoms with Gasteiger partial charge in [-0.2, -0.15) is 0 Å². The molecule has 1 aromatic rings. The molecule has 1 saturated heterocycles. The van der Waals surface area contributed by atoms with Crippen molar-refractivity contribution in [2.75, 3.05) is 14.1 Å². The lowest BCUT2D eigenvalue weighted by molar-refractivity contribution is -0.147. The lowest BCUT2D eigenvalue weighted by Gasteiger charge is -2.23. The third-order valence-electron chi connectivity index (χ3n) is 4.51. The molecule has 3 N–H and O–H groups in total. The van der Waals surface area contributed by atoms with Crippen LogP contribution >= 0.6 is 0 Å². The summed E-state index contributed by atoms with van der Waals surface area (Å²) in [6.07, 6.45) is -0.526. The van der Waals surface area contributed by atoms with E-state index in [-0.39, 0.29) is 37.6 Å². The molecular formula is C20H26FN3O7. The fourth-order valence-electron chi connectivity index (χ4n) is 2.75. The quantitative estimate of drug-likeness (QED) is 0.496. The van der Waals surface area contributed by atoms with Crippen LogP contribution in [0.25, 0.3) is 0 Å². The maximum Gasteiger partial charge on any atom is 0.303 e. The van der Waals surface area contributed by atoms with Gasteiger partial charge in [-0.3, -0.25) is 33.8 Å². The van der Waals surface area contributed by atoms with Crippen molar-refractivity contribution < 1.29 is 38.6 Å². The van der Waals surface area contributed by atoms with E-state index in [1.54, 1.807) is 37.2 Å². The van der Waals surface area contributed by atoms with E-state index in [2.05, 4.69) is 5.32 Å². The van der Waals surface area contributed by atoms with E-state index in [4.69, 9.17) is 10.2 Å². The van der Waals surface area contributed by atoms with Gasteiger partial charge in [0.25, 0.3) is 0 Å². The van der Waals surface area contributed by atoms with Gasteiger partial charge < -0.3 is 15.5 Å². The highest BCUT2D eigenvalue weighted by molar-refractivity contribution is 6.08. The summed E-state index contributed by atoms with van der Waals surface area (Å²) in [5.41, 5.74) is 0.346. The first kappa shape index (κ1) is 25.7. The molecule has 1 fully saturated rings. The standard InChI is InChI=1S/C16H20FN3O3.C4H6O4/c1-10(20-14(21)8-13(16(20)23)19(2)3)15(22)18-9-11-6-4-5-7-12(11)17;5-3(6)1-2-4(7)8/h4-7,10,13H,8-9H2,1-3H3,(H,18,22);1-2H2,(H,5,6)(H,7,8)/t10?,13-;/m0./s1. The Balaban J connectivity index is 0.000000512. The molecule has 1 heterocycles. The van der Waals surface area contributed by atoms with Crippen LogP contribution in [0.2, 0.25) is 0 Å². The Morgan fingerprint density at radius 1 is 1.16 bits per heavy atom. The largest absolute Gasteiger partial charge is 0.481 e. The fraction of sp³-hybridized carbons (Fsp3) is 0.450. The van der Waals surface area contributed by atoms with Crippen LogP contribution in [0.15, 0.2) is 24.3 Å². The second-order valence-corrected chi connectivity index (χ2v) is 7.06.